The summed E-state index contributed by atoms with van der Waals surface area (Å²) in [6.45, 7) is 8.70. The second kappa shape index (κ2) is 13.4. The van der Waals surface area contributed by atoms with Gasteiger partial charge in [-0.25, -0.2) is 0 Å². The summed E-state index contributed by atoms with van der Waals surface area (Å²) >= 11 is 0. The molecule has 2 aromatic carbocycles. The van der Waals surface area contributed by atoms with Crippen molar-refractivity contribution >= 4 is 11.9 Å². The molecule has 0 saturated heterocycles. The van der Waals surface area contributed by atoms with E-state index in [0.717, 1.165) is 24.8 Å². The minimum Gasteiger partial charge on any atom is -0.508 e. The maximum atomic E-state index is 14.1. The molecule has 3 N–H and O–H groups in total. The number of carbonyl (C=O) groups is 1. The highest BCUT2D eigenvalue weighted by Gasteiger charge is 2.51. The molecule has 1 fully saturated rings. The van der Waals surface area contributed by atoms with Crippen molar-refractivity contribution in [1.29, 1.82) is 0 Å². The fourth-order valence-corrected chi connectivity index (χ4v) is 6.91. The van der Waals surface area contributed by atoms with Gasteiger partial charge in [-0.3, -0.25) is 4.79 Å². The number of ketones is 1. The highest BCUT2D eigenvalue weighted by Crippen LogP contribution is 2.58. The third-order valence-corrected chi connectivity index (χ3v) is 9.06. The van der Waals surface area contributed by atoms with Gasteiger partial charge >= 0.3 is 0 Å². The molecule has 0 spiro atoms. The van der Waals surface area contributed by atoms with Crippen LogP contribution >= 0.6 is 0 Å². The van der Waals surface area contributed by atoms with Crippen molar-refractivity contribution in [3.63, 3.8) is 0 Å². The van der Waals surface area contributed by atoms with Gasteiger partial charge in [-0.05, 0) is 105 Å². The van der Waals surface area contributed by atoms with Crippen molar-refractivity contribution in [3.8, 4) is 23.0 Å². The lowest BCUT2D eigenvalue weighted by Crippen LogP contribution is -2.47. The summed E-state index contributed by atoms with van der Waals surface area (Å²) in [4.78, 5) is 14.1. The van der Waals surface area contributed by atoms with E-state index in [2.05, 4.69) is 39.8 Å². The van der Waals surface area contributed by atoms with E-state index in [4.69, 9.17) is 9.47 Å². The van der Waals surface area contributed by atoms with E-state index in [1.165, 1.54) is 43.6 Å². The number of fused-ring (bicyclic) bond motifs is 2. The van der Waals surface area contributed by atoms with E-state index in [-0.39, 0.29) is 46.7 Å². The number of aliphatic hydroxyl groups is 1. The number of allylic oxidation sites excluding steroid dienone is 6. The number of methoxy groups -OCH3 is 2. The molecule has 6 heteroatoms. The van der Waals surface area contributed by atoms with Gasteiger partial charge in [0.05, 0.1) is 14.2 Å². The Labute approximate surface area is 249 Å². The molecule has 0 aliphatic heterocycles. The van der Waals surface area contributed by atoms with Gasteiger partial charge in [-0.15, -0.1) is 0 Å². The van der Waals surface area contributed by atoms with Crippen LogP contribution in [-0.4, -0.2) is 35.3 Å². The molecule has 0 amide bonds. The molecule has 224 valence electrons. The lowest BCUT2D eigenvalue weighted by atomic mass is 9.51. The summed E-state index contributed by atoms with van der Waals surface area (Å²) in [7, 11) is 3.00. The molecule has 0 radical (unpaired) electrons. The summed E-state index contributed by atoms with van der Waals surface area (Å²) in [5, 5.41) is 31.0. The van der Waals surface area contributed by atoms with Crippen LogP contribution in [-0.2, 0) is 4.79 Å². The Morgan fingerprint density at radius 3 is 2.38 bits per heavy atom. The third-order valence-electron chi connectivity index (χ3n) is 9.06. The Bertz CT molecular complexity index is 1410. The summed E-state index contributed by atoms with van der Waals surface area (Å²) in [6, 6.07) is 10.3. The second-order valence-corrected chi connectivity index (χ2v) is 12.0. The van der Waals surface area contributed by atoms with E-state index >= 15 is 0 Å². The molecule has 6 nitrogen and oxygen atoms in total. The number of ether oxygens (including phenoxy) is 2. The Balaban J connectivity index is 1.68. The average Bonchev–Trinajstić information content (AvgIpc) is 2.96. The lowest BCUT2D eigenvalue weighted by molar-refractivity contribution is -0.123. The van der Waals surface area contributed by atoms with Crippen LogP contribution in [0.2, 0.25) is 0 Å². The van der Waals surface area contributed by atoms with E-state index in [9.17, 15) is 20.1 Å². The number of hydrogen-bond donors (Lipinski definition) is 3. The Morgan fingerprint density at radius 2 is 1.71 bits per heavy atom. The zero-order valence-corrected chi connectivity index (χ0v) is 25.5. The SMILES string of the molecule is COc1cc(C=CC(O)=CC(=O)[C@@H]2[C@H]3C=C(C)[C@H](C[C@@H]3[C@@H](C)CCC=C(C)C)[C@H]2c2ccc(O)c(OC)c2)ccc1O. The van der Waals surface area contributed by atoms with E-state index in [1.807, 2.05) is 12.1 Å². The summed E-state index contributed by atoms with van der Waals surface area (Å²) in [6.07, 6.45) is 12.2. The van der Waals surface area contributed by atoms with Gasteiger partial charge in [-0.1, -0.05) is 48.4 Å². The number of phenolic OH excluding ortho intramolecular Hbond substituents is 2. The standard InChI is InChI=1S/C36H44O6/c1-21(2)8-7-9-22(3)27-20-28-23(4)16-29(27)36(35(28)25-12-15-31(39)34(18-25)42-6)32(40)19-26(37)13-10-24-11-14-30(38)33(17-24)41-5/h8,10-19,22,27-29,35-39H,7,9,20H2,1-6H3/t22-,27+,28-,29-,35+,36-/m0/s1. The van der Waals surface area contributed by atoms with Crippen molar-refractivity contribution in [1.82, 2.24) is 0 Å². The van der Waals surface area contributed by atoms with Crippen LogP contribution in [0.4, 0.5) is 0 Å². The fraction of sp³-hybridized carbons (Fsp3) is 0.417. The first-order chi connectivity index (χ1) is 20.0. The van der Waals surface area contributed by atoms with Crippen LogP contribution in [0, 0.1) is 29.6 Å². The smallest absolute Gasteiger partial charge is 0.163 e. The van der Waals surface area contributed by atoms with Gasteiger partial charge in [-0.2, -0.15) is 0 Å². The van der Waals surface area contributed by atoms with Gasteiger partial charge in [0, 0.05) is 17.9 Å². The zero-order valence-electron chi connectivity index (χ0n) is 25.5. The van der Waals surface area contributed by atoms with Gasteiger partial charge in [0.2, 0.25) is 0 Å². The third kappa shape index (κ3) is 6.75. The van der Waals surface area contributed by atoms with E-state index in [0.29, 0.717) is 28.9 Å². The van der Waals surface area contributed by atoms with Crippen molar-refractivity contribution in [2.75, 3.05) is 14.2 Å². The quantitative estimate of drug-likeness (QED) is 0.109. The molecule has 3 aliphatic carbocycles. The first-order valence-corrected chi connectivity index (χ1v) is 14.7. The highest BCUT2D eigenvalue weighted by atomic mass is 16.5. The number of rotatable bonds is 11. The lowest BCUT2D eigenvalue weighted by Gasteiger charge is -2.52. The van der Waals surface area contributed by atoms with Crippen LogP contribution in [0.3, 0.4) is 0 Å². The Morgan fingerprint density at radius 1 is 1.05 bits per heavy atom. The minimum absolute atomic E-state index is 0.0295. The van der Waals surface area contributed by atoms with Gasteiger partial charge in [0.15, 0.2) is 28.8 Å². The number of phenols is 2. The van der Waals surface area contributed by atoms with Crippen LogP contribution in [0.15, 0.2) is 77.6 Å². The van der Waals surface area contributed by atoms with Gasteiger partial charge in [0.1, 0.15) is 5.76 Å². The average molecular weight is 573 g/mol. The molecular weight excluding hydrogens is 528 g/mol. The van der Waals surface area contributed by atoms with Crippen molar-refractivity contribution in [3.05, 3.63) is 88.7 Å². The molecule has 2 bridgehead atoms. The molecule has 0 heterocycles. The fourth-order valence-electron chi connectivity index (χ4n) is 6.91. The largest absolute Gasteiger partial charge is 0.508 e. The van der Waals surface area contributed by atoms with Crippen molar-refractivity contribution in [2.24, 2.45) is 29.6 Å². The Kier molecular flexibility index (Phi) is 9.87. The molecule has 5 rings (SSSR count). The highest BCUT2D eigenvalue weighted by molar-refractivity contribution is 5.94. The van der Waals surface area contributed by atoms with Crippen LogP contribution in [0.25, 0.3) is 6.08 Å². The Hall–Kier alpha value is -3.93. The summed E-state index contributed by atoms with van der Waals surface area (Å²) in [5.74, 6) is 1.09. The number of benzene rings is 2. The van der Waals surface area contributed by atoms with Crippen LogP contribution < -0.4 is 9.47 Å². The molecule has 6 atom stereocenters. The normalized spacial score (nSPS) is 24.3. The first-order valence-electron chi connectivity index (χ1n) is 14.7. The van der Waals surface area contributed by atoms with Gasteiger partial charge < -0.3 is 24.8 Å². The predicted octanol–water partition coefficient (Wildman–Crippen LogP) is 8.13. The molecule has 0 aromatic heterocycles. The monoisotopic (exact) mass is 572 g/mol. The van der Waals surface area contributed by atoms with Crippen molar-refractivity contribution < 1.29 is 29.6 Å². The van der Waals surface area contributed by atoms with Gasteiger partial charge in [0.25, 0.3) is 0 Å². The van der Waals surface area contributed by atoms with E-state index < -0.39 is 0 Å². The molecule has 0 unspecified atom stereocenters. The molecule has 42 heavy (non-hydrogen) atoms. The van der Waals surface area contributed by atoms with Crippen LogP contribution in [0.5, 0.6) is 23.0 Å². The molecule has 2 aromatic rings. The number of carbonyl (C=O) groups excluding carboxylic acids is 1. The summed E-state index contributed by atoms with van der Waals surface area (Å²) in [5.41, 5.74) is 4.28. The number of aromatic hydroxyl groups is 2. The first kappa shape index (κ1) is 31.0. The van der Waals surface area contributed by atoms with Crippen LogP contribution in [0.1, 0.15) is 64.0 Å². The molecule has 1 saturated carbocycles. The van der Waals surface area contributed by atoms with E-state index in [1.54, 1.807) is 24.3 Å². The number of hydrogen-bond acceptors (Lipinski definition) is 6. The summed E-state index contributed by atoms with van der Waals surface area (Å²) < 4.78 is 10.6. The second-order valence-electron chi connectivity index (χ2n) is 12.0. The topological polar surface area (TPSA) is 96.2 Å². The maximum Gasteiger partial charge on any atom is 0.163 e. The zero-order chi connectivity index (χ0) is 30.6. The maximum absolute atomic E-state index is 14.1. The predicted molar refractivity (Wildman–Crippen MR) is 167 cm³/mol. The molecular formula is C36H44O6. The van der Waals surface area contributed by atoms with Crippen molar-refractivity contribution in [2.45, 2.75) is 52.9 Å². The minimum atomic E-state index is -0.359. The molecule has 3 aliphatic rings. The number of aliphatic hydroxyl groups excluding tert-OH is 1.